The minimum atomic E-state index is 0. The maximum absolute atomic E-state index is 12.3. The summed E-state index contributed by atoms with van der Waals surface area (Å²) >= 11 is 1.41. The van der Waals surface area contributed by atoms with Crippen molar-refractivity contribution in [3.05, 3.63) is 24.0 Å². The van der Waals surface area contributed by atoms with Crippen molar-refractivity contribution in [3.8, 4) is 11.4 Å². The summed E-state index contributed by atoms with van der Waals surface area (Å²) in [6.07, 6.45) is 5.30. The van der Waals surface area contributed by atoms with Gasteiger partial charge < -0.3 is 15.6 Å². The molecule has 1 aliphatic rings. The van der Waals surface area contributed by atoms with Crippen LogP contribution in [-0.2, 0) is 4.79 Å². The molecule has 1 aliphatic heterocycles. The number of hydrogen-bond donors (Lipinski definition) is 3. The number of carbonyl (C=O) groups is 1. The average Bonchev–Trinajstić information content (AvgIpc) is 3.24. The van der Waals surface area contributed by atoms with Crippen molar-refractivity contribution in [2.75, 3.05) is 18.4 Å². The molecule has 1 unspecified atom stereocenters. The molecule has 0 saturated carbocycles. The second-order valence-electron chi connectivity index (χ2n) is 5.53. The lowest BCUT2D eigenvalue weighted by molar-refractivity contribution is -0.120. The van der Waals surface area contributed by atoms with Gasteiger partial charge in [0.25, 0.3) is 0 Å². The van der Waals surface area contributed by atoms with Gasteiger partial charge in [-0.25, -0.2) is 15.0 Å². The van der Waals surface area contributed by atoms with Crippen molar-refractivity contribution in [1.82, 2.24) is 25.3 Å². The van der Waals surface area contributed by atoms with E-state index in [2.05, 4.69) is 30.6 Å². The highest BCUT2D eigenvalue weighted by Crippen LogP contribution is 2.28. The zero-order valence-electron chi connectivity index (χ0n) is 12.4. The Morgan fingerprint density at radius 2 is 2.39 bits per heavy atom. The fourth-order valence-electron chi connectivity index (χ4n) is 2.80. The van der Waals surface area contributed by atoms with Crippen molar-refractivity contribution >= 4 is 33.4 Å². The van der Waals surface area contributed by atoms with E-state index < -0.39 is 0 Å². The van der Waals surface area contributed by atoms with Gasteiger partial charge in [0.1, 0.15) is 23.4 Å². The number of nitrogens with one attached hydrogen (secondary N) is 3. The van der Waals surface area contributed by atoms with Crippen LogP contribution in [0.1, 0.15) is 15.7 Å². The van der Waals surface area contributed by atoms with Gasteiger partial charge in [-0.15, -0.1) is 11.3 Å². The van der Waals surface area contributed by atoms with Gasteiger partial charge in [-0.3, -0.25) is 4.79 Å². The Hall–Kier alpha value is -2.32. The van der Waals surface area contributed by atoms with Crippen LogP contribution in [0.25, 0.3) is 22.4 Å². The Kier molecular flexibility index (Phi) is 3.76. The first-order valence-electron chi connectivity index (χ1n) is 7.57. The number of thiazole rings is 1. The number of rotatable bonds is 3. The number of nitrogens with zero attached hydrogens (tertiary/aromatic N) is 3. The summed E-state index contributed by atoms with van der Waals surface area (Å²) in [5.41, 5.74) is 2.30. The fraction of sp³-hybridized carbons (Fsp3) is 0.333. The van der Waals surface area contributed by atoms with E-state index in [1.54, 1.807) is 0 Å². The fourth-order valence-corrected chi connectivity index (χ4v) is 3.50. The van der Waals surface area contributed by atoms with Gasteiger partial charge >= 0.3 is 0 Å². The van der Waals surface area contributed by atoms with Crippen LogP contribution < -0.4 is 10.6 Å². The molecule has 0 aliphatic carbocycles. The lowest BCUT2D eigenvalue weighted by Gasteiger charge is -2.21. The topological polar surface area (TPSA) is 95.6 Å². The van der Waals surface area contributed by atoms with Crippen molar-refractivity contribution in [2.45, 2.75) is 12.8 Å². The highest BCUT2D eigenvalue weighted by molar-refractivity contribution is 7.14. The van der Waals surface area contributed by atoms with Crippen LogP contribution in [0, 0.1) is 5.92 Å². The summed E-state index contributed by atoms with van der Waals surface area (Å²) in [4.78, 5) is 28.3. The minimum Gasteiger partial charge on any atom is -0.346 e. The Bertz CT molecular complexity index is 845. The van der Waals surface area contributed by atoms with E-state index in [0.717, 1.165) is 48.4 Å². The Labute approximate surface area is 139 Å². The smallest absolute Gasteiger partial charge is 0.230 e. The maximum Gasteiger partial charge on any atom is 0.230 e. The van der Waals surface area contributed by atoms with Crippen molar-refractivity contribution in [3.63, 3.8) is 0 Å². The first-order chi connectivity index (χ1) is 11.3. The first-order valence-corrected chi connectivity index (χ1v) is 8.45. The second kappa shape index (κ2) is 6.05. The standard InChI is InChI=1S/C15H16N6OS.2H2/c22-14(9-2-1-4-16-6-9)21-15-20-11(7-23-15)12-10-3-5-17-13(10)19-8-18-12;;/h3,5,7-9,16H,1-2,4,6H2,(H,17,18,19)(H,20,21,22);2*1H. The van der Waals surface area contributed by atoms with Crippen molar-refractivity contribution in [2.24, 2.45) is 5.92 Å². The maximum atomic E-state index is 12.3. The molecule has 3 aromatic heterocycles. The molecule has 0 spiro atoms. The molecule has 8 heteroatoms. The molecule has 0 bridgehead atoms. The summed E-state index contributed by atoms with van der Waals surface area (Å²) < 4.78 is 0. The summed E-state index contributed by atoms with van der Waals surface area (Å²) in [5, 5.41) is 9.61. The highest BCUT2D eigenvalue weighted by Gasteiger charge is 2.22. The Morgan fingerprint density at radius 1 is 1.43 bits per heavy atom. The quantitative estimate of drug-likeness (QED) is 0.685. The highest BCUT2D eigenvalue weighted by atomic mass is 32.1. The predicted molar refractivity (Wildman–Crippen MR) is 93.4 cm³/mol. The first kappa shape index (κ1) is 14.3. The third-order valence-corrected chi connectivity index (χ3v) is 4.76. The molecule has 3 aromatic rings. The van der Waals surface area contributed by atoms with Gasteiger partial charge in [-0.2, -0.15) is 0 Å². The zero-order valence-corrected chi connectivity index (χ0v) is 13.2. The molecule has 0 aromatic carbocycles. The lowest BCUT2D eigenvalue weighted by Crippen LogP contribution is -2.37. The van der Waals surface area contributed by atoms with E-state index in [-0.39, 0.29) is 14.7 Å². The number of hydrogen-bond acceptors (Lipinski definition) is 6. The van der Waals surface area contributed by atoms with Crippen LogP contribution in [-0.4, -0.2) is 38.9 Å². The van der Waals surface area contributed by atoms with E-state index in [0.29, 0.717) is 5.13 Å². The lowest BCUT2D eigenvalue weighted by atomic mass is 9.99. The summed E-state index contributed by atoms with van der Waals surface area (Å²) in [5.74, 6) is 0.0547. The monoisotopic (exact) mass is 332 g/mol. The predicted octanol–water partition coefficient (Wildman–Crippen LogP) is 2.51. The molecule has 23 heavy (non-hydrogen) atoms. The molecule has 0 radical (unpaired) electrons. The van der Waals surface area contributed by atoms with E-state index in [1.807, 2.05) is 17.6 Å². The van der Waals surface area contributed by atoms with Gasteiger partial charge in [0.15, 0.2) is 5.13 Å². The molecule has 7 nitrogen and oxygen atoms in total. The summed E-state index contributed by atoms with van der Waals surface area (Å²) in [6.45, 7) is 1.73. The van der Waals surface area contributed by atoms with E-state index in [1.165, 1.54) is 17.7 Å². The molecular weight excluding hydrogens is 312 g/mol. The number of aromatic amines is 1. The zero-order chi connectivity index (χ0) is 15.6. The number of H-pyrrole nitrogens is 1. The molecule has 1 atom stereocenters. The van der Waals surface area contributed by atoms with E-state index in [9.17, 15) is 4.79 Å². The average molecular weight is 332 g/mol. The molecule has 122 valence electrons. The van der Waals surface area contributed by atoms with E-state index >= 15 is 0 Å². The largest absolute Gasteiger partial charge is 0.346 e. The second-order valence-corrected chi connectivity index (χ2v) is 6.39. The van der Waals surface area contributed by atoms with Gasteiger partial charge in [-0.05, 0) is 25.5 Å². The van der Waals surface area contributed by atoms with Crippen LogP contribution in [0.4, 0.5) is 5.13 Å². The summed E-state index contributed by atoms with van der Waals surface area (Å²) in [6, 6.07) is 1.93. The van der Waals surface area contributed by atoms with E-state index in [4.69, 9.17) is 0 Å². The molecule has 3 N–H and O–H groups in total. The van der Waals surface area contributed by atoms with Gasteiger partial charge in [0, 0.05) is 26.4 Å². The van der Waals surface area contributed by atoms with Gasteiger partial charge in [0.2, 0.25) is 5.91 Å². The molecule has 1 amide bonds. The normalized spacial score (nSPS) is 18.2. The van der Waals surface area contributed by atoms with Gasteiger partial charge in [-0.1, -0.05) is 0 Å². The number of amides is 1. The van der Waals surface area contributed by atoms with Crippen molar-refractivity contribution in [1.29, 1.82) is 0 Å². The third-order valence-electron chi connectivity index (χ3n) is 4.00. The van der Waals surface area contributed by atoms with Crippen LogP contribution in [0.3, 0.4) is 0 Å². The molecule has 1 saturated heterocycles. The number of aromatic nitrogens is 4. The minimum absolute atomic E-state index is 0. The number of anilines is 1. The van der Waals surface area contributed by atoms with Crippen LogP contribution >= 0.6 is 11.3 Å². The Balaban J connectivity index is 0.00000113. The molecule has 4 rings (SSSR count). The SMILES string of the molecule is O=C(Nc1nc(-c2ncnc3[nH]ccc23)cs1)C1CCCNC1.[HH].[HH]. The third kappa shape index (κ3) is 2.82. The van der Waals surface area contributed by atoms with Crippen LogP contribution in [0.2, 0.25) is 0 Å². The number of piperidine rings is 1. The molecular formula is C15H20N6OS. The van der Waals surface area contributed by atoms with Gasteiger partial charge in [0.05, 0.1) is 5.92 Å². The van der Waals surface area contributed by atoms with Crippen LogP contribution in [0.15, 0.2) is 24.0 Å². The number of carbonyl (C=O) groups excluding carboxylic acids is 1. The van der Waals surface area contributed by atoms with Crippen LogP contribution in [0.5, 0.6) is 0 Å². The molecule has 1 fully saturated rings. The Morgan fingerprint density at radius 3 is 3.26 bits per heavy atom. The van der Waals surface area contributed by atoms with Crippen molar-refractivity contribution < 1.29 is 7.65 Å². The summed E-state index contributed by atoms with van der Waals surface area (Å²) in [7, 11) is 0. The molecule has 4 heterocycles. The number of fused-ring (bicyclic) bond motifs is 1.